The molecule has 2 aromatic carbocycles. The summed E-state index contributed by atoms with van der Waals surface area (Å²) in [7, 11) is 3.08. The van der Waals surface area contributed by atoms with Gasteiger partial charge in [0, 0.05) is 46.6 Å². The molecule has 0 fully saturated rings. The lowest BCUT2D eigenvalue weighted by molar-refractivity contribution is -0.122. The molecule has 10 aromatic rings. The van der Waals surface area contributed by atoms with E-state index in [1.807, 2.05) is 122 Å². The number of ketones is 1. The highest BCUT2D eigenvalue weighted by molar-refractivity contribution is 6.01. The third-order valence-corrected chi connectivity index (χ3v) is 10.9. The van der Waals surface area contributed by atoms with Crippen molar-refractivity contribution < 1.29 is 14.3 Å². The number of anilines is 2. The maximum atomic E-state index is 16.7. The predicted octanol–water partition coefficient (Wildman–Crippen LogP) is 7.69. The van der Waals surface area contributed by atoms with Gasteiger partial charge in [0.2, 0.25) is 11.8 Å². The van der Waals surface area contributed by atoms with Crippen LogP contribution in [0, 0.1) is 0 Å². The van der Waals surface area contributed by atoms with E-state index < -0.39 is 23.9 Å². The number of nitrogens with zero attached hydrogens (tertiary/aromatic N) is 8. The maximum absolute atomic E-state index is 16.7. The van der Waals surface area contributed by atoms with E-state index in [4.69, 9.17) is 29.6 Å². The number of H-pyrrole nitrogens is 2. The minimum absolute atomic E-state index is 0.139. The lowest BCUT2D eigenvalue weighted by atomic mass is 9.75. The van der Waals surface area contributed by atoms with Crippen molar-refractivity contribution >= 4 is 50.3 Å². The Balaban J connectivity index is 1.24. The molecule has 0 spiro atoms. The first-order chi connectivity index (χ1) is 29.5. The zero-order chi connectivity index (χ0) is 40.6. The fraction of sp³-hybridized carbons (Fsp3) is 0.133. The summed E-state index contributed by atoms with van der Waals surface area (Å²) in [6.45, 7) is 0. The number of hydrogen-bond acceptors (Lipinski definition) is 11. The maximum Gasteiger partial charge on any atom is 0.233 e. The number of aromatic amines is 2. The van der Waals surface area contributed by atoms with Crippen LogP contribution in [0.15, 0.2) is 147 Å². The number of benzene rings is 2. The first-order valence-corrected chi connectivity index (χ1v) is 19.3. The molecule has 296 valence electrons. The summed E-state index contributed by atoms with van der Waals surface area (Å²) in [5.74, 6) is -0.517. The molecule has 8 heterocycles. The second kappa shape index (κ2) is 15.4. The van der Waals surface area contributed by atoms with Crippen molar-refractivity contribution in [1.82, 2.24) is 49.1 Å². The lowest BCUT2D eigenvalue weighted by Crippen LogP contribution is -2.35. The van der Waals surface area contributed by atoms with Crippen LogP contribution < -0.4 is 20.1 Å². The van der Waals surface area contributed by atoms with Gasteiger partial charge >= 0.3 is 0 Å². The molecular formula is C45H38N12O3. The molecular weight excluding hydrogens is 757 g/mol. The van der Waals surface area contributed by atoms with Crippen LogP contribution in [0.4, 0.5) is 11.6 Å². The van der Waals surface area contributed by atoms with Crippen molar-refractivity contribution in [3.63, 3.8) is 0 Å². The number of para-hydroxylation sites is 2. The molecule has 0 radical (unpaired) electrons. The minimum Gasteiger partial charge on any atom is -0.480 e. The van der Waals surface area contributed by atoms with Gasteiger partial charge in [0.25, 0.3) is 0 Å². The number of carbonyl (C=O) groups is 1. The number of pyridine rings is 2. The highest BCUT2D eigenvalue weighted by Crippen LogP contribution is 2.46. The number of nitrogens with one attached hydrogen (secondary N) is 4. The number of ether oxygens (including phenoxy) is 2. The normalized spacial score (nSPS) is 13.6. The number of rotatable bonds is 14. The standard InChI is InChI=1S/C45H38N12O3/c1-59-39-25-46-23-37(50-39)52-43(35-19-27-11-7-9-17-56(27)54-35)41(31-21-48-33-15-5-3-13-29(31)33)45(58)42(32-22-49-34-16-6-4-14-30(32)34)44(53-38-24-47-26-40(51-38)60-2)36-20-28-12-8-10-18-57(28)55-36/h3-26,41-44,48-49H,1-2H3,(H,50,52)(H,51,53). The van der Waals surface area contributed by atoms with Crippen molar-refractivity contribution in [1.29, 1.82) is 0 Å². The van der Waals surface area contributed by atoms with Crippen LogP contribution >= 0.6 is 0 Å². The van der Waals surface area contributed by atoms with E-state index in [1.165, 1.54) is 26.6 Å². The summed E-state index contributed by atoms with van der Waals surface area (Å²) in [6, 6.07) is 30.1. The first-order valence-electron chi connectivity index (χ1n) is 19.3. The fourth-order valence-electron chi connectivity index (χ4n) is 8.12. The Morgan fingerprint density at radius 3 is 1.50 bits per heavy atom. The van der Waals surface area contributed by atoms with E-state index in [9.17, 15) is 0 Å². The molecule has 8 aromatic heterocycles. The van der Waals surface area contributed by atoms with Crippen LogP contribution in [-0.2, 0) is 4.79 Å². The van der Waals surface area contributed by atoms with E-state index in [1.54, 1.807) is 21.4 Å². The Morgan fingerprint density at radius 2 is 1.05 bits per heavy atom. The summed E-state index contributed by atoms with van der Waals surface area (Å²) < 4.78 is 14.6. The molecule has 10 rings (SSSR count). The Kier molecular flexibility index (Phi) is 9.29. The van der Waals surface area contributed by atoms with Crippen LogP contribution in [0.2, 0.25) is 0 Å². The van der Waals surface area contributed by atoms with Crippen molar-refractivity contribution in [2.75, 3.05) is 24.9 Å². The van der Waals surface area contributed by atoms with Gasteiger partial charge in [-0.3, -0.25) is 14.8 Å². The Bertz CT molecular complexity index is 2860. The summed E-state index contributed by atoms with van der Waals surface area (Å²) >= 11 is 0. The molecule has 0 saturated heterocycles. The average Bonchev–Trinajstić information content (AvgIpc) is 4.11. The topological polar surface area (TPSA) is 177 Å². The van der Waals surface area contributed by atoms with Gasteiger partial charge in [-0.05, 0) is 59.7 Å². The molecule has 15 heteroatoms. The molecule has 0 saturated carbocycles. The molecule has 0 aliphatic carbocycles. The Labute approximate surface area is 342 Å². The molecule has 0 aliphatic heterocycles. The highest BCUT2D eigenvalue weighted by atomic mass is 16.5. The van der Waals surface area contributed by atoms with Gasteiger partial charge in [-0.25, -0.2) is 9.03 Å². The second-order valence-electron chi connectivity index (χ2n) is 14.4. The number of Topliss-reactive ketones (excluding diaryl/α,β-unsaturated/α-hetero) is 1. The van der Waals surface area contributed by atoms with Crippen LogP contribution in [-0.4, -0.2) is 69.1 Å². The van der Waals surface area contributed by atoms with Crippen LogP contribution in [0.25, 0.3) is 32.8 Å². The van der Waals surface area contributed by atoms with E-state index in [0.717, 1.165) is 44.0 Å². The minimum atomic E-state index is -0.907. The van der Waals surface area contributed by atoms with Crippen molar-refractivity contribution in [2.45, 2.75) is 23.9 Å². The zero-order valence-electron chi connectivity index (χ0n) is 32.5. The smallest absolute Gasteiger partial charge is 0.233 e. The van der Waals surface area contributed by atoms with Gasteiger partial charge in [0.15, 0.2) is 5.78 Å². The van der Waals surface area contributed by atoms with Gasteiger partial charge in [0.05, 0.1) is 85.3 Å². The van der Waals surface area contributed by atoms with E-state index in [0.29, 0.717) is 34.8 Å². The van der Waals surface area contributed by atoms with Gasteiger partial charge in [-0.1, -0.05) is 48.5 Å². The number of carbonyl (C=O) groups excluding carboxylic acids is 1. The Morgan fingerprint density at radius 1 is 0.600 bits per heavy atom. The summed E-state index contributed by atoms with van der Waals surface area (Å²) in [6.07, 6.45) is 13.9. The molecule has 4 unspecified atom stereocenters. The lowest BCUT2D eigenvalue weighted by Gasteiger charge is -2.33. The summed E-state index contributed by atoms with van der Waals surface area (Å²) in [5.41, 5.74) is 6.23. The third-order valence-electron chi connectivity index (χ3n) is 10.9. The van der Waals surface area contributed by atoms with E-state index in [-0.39, 0.29) is 5.78 Å². The molecule has 15 nitrogen and oxygen atoms in total. The van der Waals surface area contributed by atoms with Gasteiger partial charge in [-0.2, -0.15) is 20.2 Å². The van der Waals surface area contributed by atoms with Gasteiger partial charge < -0.3 is 30.1 Å². The molecule has 4 atom stereocenters. The SMILES string of the molecule is COc1cncc(NC(c2cc3ccccn3n2)C(C(=O)C(c2c[nH]c3ccccc23)C(Nc2cncc(OC)n2)c2cc3ccccn3n2)c2c[nH]c3ccccc23)n1. The quantitative estimate of drug-likeness (QED) is 0.0849. The summed E-state index contributed by atoms with van der Waals surface area (Å²) in [5, 5.41) is 19.2. The molecule has 0 bridgehead atoms. The summed E-state index contributed by atoms with van der Waals surface area (Å²) in [4.78, 5) is 41.8. The van der Waals surface area contributed by atoms with E-state index in [2.05, 4.69) is 30.6 Å². The van der Waals surface area contributed by atoms with Gasteiger partial charge in [-0.15, -0.1) is 0 Å². The zero-order valence-corrected chi connectivity index (χ0v) is 32.5. The number of hydrogen-bond donors (Lipinski definition) is 4. The fourth-order valence-corrected chi connectivity index (χ4v) is 8.12. The molecule has 4 N–H and O–H groups in total. The highest BCUT2D eigenvalue weighted by Gasteiger charge is 2.44. The van der Waals surface area contributed by atoms with Crippen molar-refractivity contribution in [3.8, 4) is 11.8 Å². The third kappa shape index (κ3) is 6.66. The Hall–Kier alpha value is -8.07. The van der Waals surface area contributed by atoms with Crippen LogP contribution in [0.1, 0.15) is 46.4 Å². The molecule has 0 aliphatic rings. The van der Waals surface area contributed by atoms with Gasteiger partial charge in [0.1, 0.15) is 11.6 Å². The van der Waals surface area contributed by atoms with E-state index >= 15 is 4.79 Å². The monoisotopic (exact) mass is 794 g/mol. The number of aromatic nitrogens is 10. The number of fused-ring (bicyclic) bond motifs is 4. The van der Waals surface area contributed by atoms with Crippen molar-refractivity contribution in [3.05, 3.63) is 169 Å². The predicted molar refractivity (Wildman–Crippen MR) is 227 cm³/mol. The number of methoxy groups -OCH3 is 2. The van der Waals surface area contributed by atoms with Crippen LogP contribution in [0.5, 0.6) is 11.8 Å². The second-order valence-corrected chi connectivity index (χ2v) is 14.4. The van der Waals surface area contributed by atoms with Crippen LogP contribution in [0.3, 0.4) is 0 Å². The molecule has 60 heavy (non-hydrogen) atoms. The molecule has 0 amide bonds. The van der Waals surface area contributed by atoms with Crippen molar-refractivity contribution in [2.24, 2.45) is 0 Å². The average molecular weight is 795 g/mol. The first kappa shape index (κ1) is 36.3. The largest absolute Gasteiger partial charge is 0.480 e.